The largest absolute Gasteiger partial charge is 0.447 e. The predicted octanol–water partition coefficient (Wildman–Crippen LogP) is 4.22. The first-order valence-corrected chi connectivity index (χ1v) is 9.12. The molecule has 4 nitrogen and oxygen atoms in total. The molecule has 0 spiro atoms. The summed E-state index contributed by atoms with van der Waals surface area (Å²) in [6.07, 6.45) is -0.147. The molecule has 1 saturated heterocycles. The Kier molecular flexibility index (Phi) is 5.93. The molecule has 0 radical (unpaired) electrons. The smallest absolute Gasteiger partial charge is 0.417 e. The number of amides is 2. The fourth-order valence-corrected chi connectivity index (χ4v) is 3.47. The number of cyclic esters (lactones) is 1. The van der Waals surface area contributed by atoms with E-state index in [-0.39, 0.29) is 30.4 Å². The van der Waals surface area contributed by atoms with E-state index in [9.17, 15) is 9.59 Å². The van der Waals surface area contributed by atoms with E-state index < -0.39 is 6.09 Å². The summed E-state index contributed by atoms with van der Waals surface area (Å²) in [4.78, 5) is 26.7. The van der Waals surface area contributed by atoms with Crippen LogP contribution in [0.5, 0.6) is 0 Å². The van der Waals surface area contributed by atoms with Gasteiger partial charge in [0.05, 0.1) is 6.04 Å². The van der Waals surface area contributed by atoms with E-state index in [1.807, 2.05) is 60.7 Å². The van der Waals surface area contributed by atoms with Gasteiger partial charge in [-0.2, -0.15) is 0 Å². The van der Waals surface area contributed by atoms with Crippen LogP contribution in [0.4, 0.5) is 4.79 Å². The van der Waals surface area contributed by atoms with Crippen LogP contribution >= 0.6 is 0 Å². The second-order valence-electron chi connectivity index (χ2n) is 6.68. The molecule has 1 fully saturated rings. The molecular weight excluding hydrogens is 338 g/mol. The molecule has 1 unspecified atom stereocenters. The van der Waals surface area contributed by atoms with Crippen molar-refractivity contribution >= 4 is 12.0 Å². The highest BCUT2D eigenvalue weighted by Gasteiger charge is 2.44. The minimum Gasteiger partial charge on any atom is -0.447 e. The molecule has 138 valence electrons. The SMILES string of the molecule is CC#CC[C@H](C)C(=O)N1C(=O)OCC1C(c1ccccc1)c1ccccc1. The lowest BCUT2D eigenvalue weighted by Gasteiger charge is -2.30. The number of hydrogen-bond acceptors (Lipinski definition) is 3. The molecule has 2 atom stereocenters. The molecule has 1 aliphatic heterocycles. The van der Waals surface area contributed by atoms with Gasteiger partial charge in [-0.1, -0.05) is 67.6 Å². The van der Waals surface area contributed by atoms with Crippen molar-refractivity contribution < 1.29 is 14.3 Å². The average molecular weight is 361 g/mol. The summed E-state index contributed by atoms with van der Waals surface area (Å²) >= 11 is 0. The Morgan fingerprint density at radius 1 is 1.11 bits per heavy atom. The number of carbonyl (C=O) groups is 2. The quantitative estimate of drug-likeness (QED) is 0.749. The molecule has 2 amide bonds. The van der Waals surface area contributed by atoms with E-state index in [1.165, 1.54) is 4.90 Å². The molecule has 1 heterocycles. The van der Waals surface area contributed by atoms with E-state index in [0.717, 1.165) is 11.1 Å². The monoisotopic (exact) mass is 361 g/mol. The summed E-state index contributed by atoms with van der Waals surface area (Å²) < 4.78 is 5.31. The van der Waals surface area contributed by atoms with Gasteiger partial charge in [-0.15, -0.1) is 11.8 Å². The number of rotatable bonds is 5. The Morgan fingerprint density at radius 2 is 1.67 bits per heavy atom. The molecule has 1 aliphatic rings. The summed E-state index contributed by atoms with van der Waals surface area (Å²) in [6, 6.07) is 19.5. The summed E-state index contributed by atoms with van der Waals surface area (Å²) in [6.45, 7) is 3.73. The Balaban J connectivity index is 1.98. The fourth-order valence-electron chi connectivity index (χ4n) is 3.47. The Morgan fingerprint density at radius 3 is 2.19 bits per heavy atom. The van der Waals surface area contributed by atoms with Crippen LogP contribution in [0.1, 0.15) is 37.3 Å². The molecular formula is C23H23NO3. The van der Waals surface area contributed by atoms with Crippen molar-refractivity contribution in [2.75, 3.05) is 6.61 Å². The minimum absolute atomic E-state index is 0.146. The molecule has 4 heteroatoms. The lowest BCUT2D eigenvalue weighted by atomic mass is 9.84. The van der Waals surface area contributed by atoms with E-state index in [2.05, 4.69) is 11.8 Å². The van der Waals surface area contributed by atoms with Crippen molar-refractivity contribution in [1.82, 2.24) is 4.90 Å². The van der Waals surface area contributed by atoms with Crippen LogP contribution in [0, 0.1) is 17.8 Å². The normalized spacial score (nSPS) is 17.2. The van der Waals surface area contributed by atoms with Crippen molar-refractivity contribution in [3.05, 3.63) is 71.8 Å². The molecule has 0 saturated carbocycles. The van der Waals surface area contributed by atoms with E-state index >= 15 is 0 Å². The van der Waals surface area contributed by atoms with Crippen molar-refractivity contribution in [3.63, 3.8) is 0 Å². The Labute approximate surface area is 160 Å². The third-order valence-electron chi connectivity index (χ3n) is 4.85. The van der Waals surface area contributed by atoms with Crippen LogP contribution in [-0.2, 0) is 9.53 Å². The first-order chi connectivity index (χ1) is 13.1. The van der Waals surface area contributed by atoms with Crippen LogP contribution in [0.2, 0.25) is 0 Å². The first-order valence-electron chi connectivity index (χ1n) is 9.12. The van der Waals surface area contributed by atoms with Gasteiger partial charge >= 0.3 is 6.09 Å². The van der Waals surface area contributed by atoms with Gasteiger partial charge in [0.2, 0.25) is 5.91 Å². The van der Waals surface area contributed by atoms with Crippen molar-refractivity contribution in [2.24, 2.45) is 5.92 Å². The average Bonchev–Trinajstić information content (AvgIpc) is 3.08. The molecule has 0 aromatic heterocycles. The van der Waals surface area contributed by atoms with Crippen molar-refractivity contribution in [2.45, 2.75) is 32.2 Å². The number of nitrogens with zero attached hydrogens (tertiary/aromatic N) is 1. The zero-order valence-electron chi connectivity index (χ0n) is 15.6. The number of benzene rings is 2. The highest BCUT2D eigenvalue weighted by atomic mass is 16.6. The van der Waals surface area contributed by atoms with Gasteiger partial charge in [0.15, 0.2) is 0 Å². The van der Waals surface area contributed by atoms with Gasteiger partial charge in [-0.3, -0.25) is 4.79 Å². The highest BCUT2D eigenvalue weighted by Crippen LogP contribution is 2.35. The third kappa shape index (κ3) is 4.03. The second-order valence-corrected chi connectivity index (χ2v) is 6.68. The van der Waals surface area contributed by atoms with Crippen molar-refractivity contribution in [3.8, 4) is 11.8 Å². The highest BCUT2D eigenvalue weighted by molar-refractivity contribution is 5.95. The maximum absolute atomic E-state index is 13.0. The number of ether oxygens (including phenoxy) is 1. The van der Waals surface area contributed by atoms with Crippen molar-refractivity contribution in [1.29, 1.82) is 0 Å². The zero-order valence-corrected chi connectivity index (χ0v) is 15.6. The maximum atomic E-state index is 13.0. The van der Waals surface area contributed by atoms with Crippen LogP contribution in [0.3, 0.4) is 0 Å². The van der Waals surface area contributed by atoms with E-state index in [4.69, 9.17) is 4.74 Å². The lowest BCUT2D eigenvalue weighted by Crippen LogP contribution is -2.45. The topological polar surface area (TPSA) is 46.6 Å². The summed E-state index contributed by atoms with van der Waals surface area (Å²) in [5, 5.41) is 0. The van der Waals surface area contributed by atoms with E-state index in [0.29, 0.717) is 6.42 Å². The second kappa shape index (κ2) is 8.55. The van der Waals surface area contributed by atoms with Crippen LogP contribution in [0.15, 0.2) is 60.7 Å². The zero-order chi connectivity index (χ0) is 19.2. The van der Waals surface area contributed by atoms with Crippen LogP contribution in [0.25, 0.3) is 0 Å². The van der Waals surface area contributed by atoms with Crippen LogP contribution < -0.4 is 0 Å². The molecule has 0 N–H and O–H groups in total. The minimum atomic E-state index is -0.571. The number of hydrogen-bond donors (Lipinski definition) is 0. The fraction of sp³-hybridized carbons (Fsp3) is 0.304. The predicted molar refractivity (Wildman–Crippen MR) is 104 cm³/mol. The van der Waals surface area contributed by atoms with Gasteiger partial charge in [0, 0.05) is 18.3 Å². The molecule has 27 heavy (non-hydrogen) atoms. The lowest BCUT2D eigenvalue weighted by molar-refractivity contribution is -0.132. The summed E-state index contributed by atoms with van der Waals surface area (Å²) in [5.74, 6) is 4.99. The van der Waals surface area contributed by atoms with Crippen LogP contribution in [-0.4, -0.2) is 29.5 Å². The number of imide groups is 1. The van der Waals surface area contributed by atoms with Gasteiger partial charge in [-0.05, 0) is 18.1 Å². The summed E-state index contributed by atoms with van der Waals surface area (Å²) in [5.41, 5.74) is 2.09. The van der Waals surface area contributed by atoms with Gasteiger partial charge in [-0.25, -0.2) is 9.69 Å². The molecule has 0 bridgehead atoms. The molecule has 2 aromatic carbocycles. The third-order valence-corrected chi connectivity index (χ3v) is 4.85. The first kappa shape index (κ1) is 18.7. The molecule has 0 aliphatic carbocycles. The standard InChI is InChI=1S/C23H23NO3/c1-3-4-11-17(2)22(25)24-20(16-27-23(24)26)21(18-12-7-5-8-13-18)19-14-9-6-10-15-19/h5-10,12-15,17,20-21H,11,16H2,1-2H3/t17-,20?/m0/s1. The van der Waals surface area contributed by atoms with Gasteiger partial charge < -0.3 is 4.74 Å². The number of carbonyl (C=O) groups excluding carboxylic acids is 2. The molecule has 3 rings (SSSR count). The van der Waals surface area contributed by atoms with E-state index in [1.54, 1.807) is 13.8 Å². The Hall–Kier alpha value is -3.06. The maximum Gasteiger partial charge on any atom is 0.417 e. The summed E-state index contributed by atoms with van der Waals surface area (Å²) in [7, 11) is 0. The Bertz CT molecular complexity index is 812. The van der Waals surface area contributed by atoms with Gasteiger partial charge in [0.25, 0.3) is 0 Å². The van der Waals surface area contributed by atoms with Gasteiger partial charge in [0.1, 0.15) is 6.61 Å². The molecule has 2 aromatic rings.